The Kier molecular flexibility index (Phi) is 44.2. The van der Waals surface area contributed by atoms with Crippen molar-refractivity contribution in [3.63, 3.8) is 0 Å². The second-order valence-electron chi connectivity index (χ2n) is 10.4. The van der Waals surface area contributed by atoms with Crippen molar-refractivity contribution < 1.29 is 149 Å². The van der Waals surface area contributed by atoms with Gasteiger partial charge in [0.25, 0.3) is 27.6 Å². The van der Waals surface area contributed by atoms with E-state index >= 15 is 0 Å². The van der Waals surface area contributed by atoms with Crippen LogP contribution in [-0.4, -0.2) is 133 Å². The smallest absolute Gasteiger partial charge is 0.425 e. The summed E-state index contributed by atoms with van der Waals surface area (Å²) >= 11 is 0. The van der Waals surface area contributed by atoms with Crippen LogP contribution in [0.25, 0.3) is 0 Å². The van der Waals surface area contributed by atoms with Gasteiger partial charge < -0.3 is 51.0 Å². The number of hydrogen-bond donors (Lipinski definition) is 8. The number of halogens is 20. The molecule has 0 aromatic heterocycles. The first kappa shape index (κ1) is 84.2. The Morgan fingerprint density at radius 3 is 0.733 bits per heavy atom. The Hall–Kier alpha value is -3.31. The van der Waals surface area contributed by atoms with Crippen LogP contribution in [-0.2, 0) is 34.3 Å². The molecule has 0 saturated heterocycles. The average molecular weight is 1250 g/mol. The van der Waals surface area contributed by atoms with Gasteiger partial charge in [0.05, 0.1) is 6.26 Å². The molecule has 8 N–H and O–H groups in total. The first-order valence-corrected chi connectivity index (χ1v) is 16.1. The Balaban J connectivity index is -0.0000000514. The number of alkyl halides is 20. The van der Waals surface area contributed by atoms with E-state index in [1.54, 1.807) is 6.92 Å². The molecule has 0 bridgehead atoms. The van der Waals surface area contributed by atoms with Gasteiger partial charge in [-0.1, -0.05) is 0 Å². The predicted molar refractivity (Wildman–Crippen MR) is 163 cm³/mol. The van der Waals surface area contributed by atoms with Gasteiger partial charge in [-0.25, -0.2) is 8.78 Å². The van der Waals surface area contributed by atoms with Crippen LogP contribution < -0.4 is 0 Å². The van der Waals surface area contributed by atoms with Crippen molar-refractivity contribution in [2.45, 2.75) is 128 Å². The molecule has 36 heteroatoms. The molecule has 0 aromatic carbocycles. The zero-order valence-corrected chi connectivity index (χ0v) is 40.5. The SMILES string of the molecule is CC(=O)O.CC(C)(O)C(F)(F)F.CC(F)(F)C(C)(O)C(F)(F)F.CC(F)(F)F.CC(O)(C(F)(F)F)C(F)(F)F.CC(O)C(F)(F)F.CCO.CS(=O)(=O)O.O=[S-](=O)O.[CH3-].[Rf]. The van der Waals surface area contributed by atoms with Gasteiger partial charge in [-0.2, -0.15) is 87.4 Å². The van der Waals surface area contributed by atoms with E-state index in [1.165, 1.54) is 0 Å². The largest absolute Gasteiger partial charge is 0.481 e. The molecular weight excluding hydrogens is 1210 g/mol. The van der Waals surface area contributed by atoms with Crippen LogP contribution in [0.4, 0.5) is 87.8 Å². The van der Waals surface area contributed by atoms with E-state index in [4.69, 9.17) is 53.0 Å². The molecular formula is C24H44F20O13RfS2-2. The minimum atomic E-state index is -5.69. The fourth-order valence-corrected chi connectivity index (χ4v) is 0.410. The van der Waals surface area contributed by atoms with E-state index in [9.17, 15) is 96.2 Å². The fourth-order valence-electron chi connectivity index (χ4n) is 0.410. The minimum absolute atomic E-state index is 0. The normalized spacial score (nSPS) is 13.5. The second kappa shape index (κ2) is 31.5. The van der Waals surface area contributed by atoms with Crippen LogP contribution in [0.3, 0.4) is 0 Å². The van der Waals surface area contributed by atoms with Crippen molar-refractivity contribution in [3.05, 3.63) is 7.43 Å². The maximum absolute atomic E-state index is 12.0. The van der Waals surface area contributed by atoms with Crippen LogP contribution in [0.5, 0.6) is 0 Å². The van der Waals surface area contributed by atoms with Gasteiger partial charge in [-0.05, 0) is 41.5 Å². The van der Waals surface area contributed by atoms with E-state index in [1.807, 2.05) is 0 Å². The molecule has 2 atom stereocenters. The molecule has 0 aliphatic heterocycles. The molecule has 0 aromatic rings. The molecule has 0 fully saturated rings. The third-order valence-corrected chi connectivity index (χ3v) is 3.68. The van der Waals surface area contributed by atoms with Gasteiger partial charge in [-0.15, -0.1) is 0 Å². The van der Waals surface area contributed by atoms with Gasteiger partial charge >= 0.3 is 37.1 Å². The first-order chi connectivity index (χ1) is 24.1. The molecule has 60 heavy (non-hydrogen) atoms. The predicted octanol–water partition coefficient (Wildman–Crippen LogP) is 7.45. The standard InChI is InChI=1S/C5H7F5O.C4H4F6O.C4H7F3O.C3H5F3O.C2H3F3.C2H4O2.C2H6O.CH4O3S.CH3.HO3S.Rf/c1-3(11,4(2,6)7)5(8,9)10;1-2(11,3(5,6)7)4(8,9)10;1-3(2,8)4(5,6)7;1-2(7)3(4,5)6;1-2(3,4)5;1-2(3)4;1-2-3;1-5(2,3)4;;1-4(2)3;/h11H,1-2H3;11H,1H3;8H,1-2H3;2,7H,1H3;1H3;1H3,(H,3,4);3H,2H2,1H3;1H3,(H,2,3,4);1H3;(H,1,2,3);/q;;;;;;;;2*-1;. The van der Waals surface area contributed by atoms with Crippen LogP contribution in [0.1, 0.15) is 62.3 Å². The molecule has 0 aliphatic rings. The molecule has 0 rings (SSSR count). The van der Waals surface area contributed by atoms with E-state index in [0.29, 0.717) is 27.0 Å². The minimum Gasteiger partial charge on any atom is -0.481 e. The van der Waals surface area contributed by atoms with Gasteiger partial charge in [-0.3, -0.25) is 9.35 Å². The summed E-state index contributed by atoms with van der Waals surface area (Å²) in [4.78, 5) is 9.00. The number of carboxylic acid groups (broad SMARTS) is 1. The van der Waals surface area contributed by atoms with Gasteiger partial charge in [0.2, 0.25) is 5.60 Å². The monoisotopic (exact) mass is 1250 g/mol. The maximum Gasteiger partial charge on any atom is 0.425 e. The van der Waals surface area contributed by atoms with Gasteiger partial charge in [0, 0.05) is 38.4 Å². The summed E-state index contributed by atoms with van der Waals surface area (Å²) in [5.41, 5.74) is -11.1. The Morgan fingerprint density at radius 1 is 0.633 bits per heavy atom. The number of hydrogen-bond acceptors (Lipinski definition) is 11. The number of aliphatic hydroxyl groups is 5. The topological polar surface area (TPSA) is 247 Å². The third-order valence-electron chi connectivity index (χ3n) is 3.68. The zero-order valence-electron chi connectivity index (χ0n) is 32.5. The zero-order chi connectivity index (χ0) is 50.9. The summed E-state index contributed by atoms with van der Waals surface area (Å²) in [6.45, 7) is 4.99. The van der Waals surface area contributed by atoms with Crippen molar-refractivity contribution in [2.75, 3.05) is 12.9 Å². The summed E-state index contributed by atoms with van der Waals surface area (Å²) in [6, 6.07) is 0. The quantitative estimate of drug-likeness (QED) is 0.0419. The molecule has 0 spiro atoms. The van der Waals surface area contributed by atoms with Crippen molar-refractivity contribution in [1.82, 2.24) is 0 Å². The Labute approximate surface area is 325 Å². The number of carbonyl (C=O) groups is 1. The Bertz CT molecular complexity index is 1120. The third kappa shape index (κ3) is 69.3. The van der Waals surface area contributed by atoms with Gasteiger partial charge in [0.1, 0.15) is 6.10 Å². The number of aliphatic hydroxyl groups excluding tert-OH is 2. The molecule has 0 saturated carbocycles. The van der Waals surface area contributed by atoms with Gasteiger partial charge in [0.15, 0.2) is 5.60 Å². The van der Waals surface area contributed by atoms with E-state index in [0.717, 1.165) is 6.92 Å². The van der Waals surface area contributed by atoms with Crippen molar-refractivity contribution in [2.24, 2.45) is 0 Å². The summed E-state index contributed by atoms with van der Waals surface area (Å²) in [5.74, 6) is -5.02. The van der Waals surface area contributed by atoms with Crippen LogP contribution in [0.15, 0.2) is 0 Å². The van der Waals surface area contributed by atoms with E-state index in [-0.39, 0.29) is 41.7 Å². The summed E-state index contributed by atoms with van der Waals surface area (Å²) in [6.07, 6.45) is -31.1. The molecule has 0 heterocycles. The van der Waals surface area contributed by atoms with E-state index < -0.39 is 93.0 Å². The number of rotatable bonds is 1. The molecule has 13 nitrogen and oxygen atoms in total. The van der Waals surface area contributed by atoms with Crippen LogP contribution in [0.2, 0.25) is 0 Å². The maximum atomic E-state index is 12.0. The summed E-state index contributed by atoms with van der Waals surface area (Å²) < 4.78 is 275. The first-order valence-electron chi connectivity index (χ1n) is 13.2. The molecule has 0 aliphatic carbocycles. The fraction of sp³-hybridized carbons (Fsp3) is 0.917. The second-order valence-corrected chi connectivity index (χ2v) is 12.3. The van der Waals surface area contributed by atoms with Crippen LogP contribution in [0, 0.1) is 7.43 Å². The molecule has 374 valence electrons. The number of carboxylic acids is 1. The average Bonchev–Trinajstić information content (AvgIpc) is 2.78. The van der Waals surface area contributed by atoms with Crippen molar-refractivity contribution in [3.8, 4) is 0 Å². The molecule has 0 amide bonds. The van der Waals surface area contributed by atoms with Crippen molar-refractivity contribution in [1.29, 1.82) is 0 Å². The van der Waals surface area contributed by atoms with Crippen molar-refractivity contribution >= 4 is 27.1 Å². The Morgan fingerprint density at radius 2 is 0.733 bits per heavy atom. The summed E-state index contributed by atoms with van der Waals surface area (Å²) in [5, 5.41) is 47.2. The summed E-state index contributed by atoms with van der Waals surface area (Å²) in [7, 11) is -6.53. The number of aliphatic carboxylic acids is 1. The molecule has 2 unspecified atom stereocenters. The van der Waals surface area contributed by atoms with Crippen LogP contribution >= 0.6 is 0 Å². The van der Waals surface area contributed by atoms with E-state index in [2.05, 4.69) is 0 Å². The molecule has 0 radical (unpaired) electrons.